The minimum atomic E-state index is -0.340. The summed E-state index contributed by atoms with van der Waals surface area (Å²) in [4.78, 5) is 12.3. The lowest BCUT2D eigenvalue weighted by molar-refractivity contribution is 0.214. The Morgan fingerprint density at radius 2 is 1.84 bits per heavy atom. The van der Waals surface area contributed by atoms with Gasteiger partial charge >= 0.3 is 6.03 Å². The van der Waals surface area contributed by atoms with Gasteiger partial charge < -0.3 is 20.1 Å². The molecule has 1 aliphatic rings. The van der Waals surface area contributed by atoms with Crippen molar-refractivity contribution >= 4 is 6.03 Å². The zero-order chi connectivity index (χ0) is 21.8. The van der Waals surface area contributed by atoms with Crippen molar-refractivity contribution in [3.8, 4) is 17.2 Å². The van der Waals surface area contributed by atoms with E-state index in [4.69, 9.17) is 9.47 Å². The molecular formula is C24H22F2N2O3. The second-order valence-corrected chi connectivity index (χ2v) is 7.45. The van der Waals surface area contributed by atoms with Gasteiger partial charge in [0.15, 0.2) is 0 Å². The molecule has 31 heavy (non-hydrogen) atoms. The van der Waals surface area contributed by atoms with Crippen molar-refractivity contribution in [3.63, 3.8) is 0 Å². The van der Waals surface area contributed by atoms with Gasteiger partial charge in [-0.15, -0.1) is 0 Å². The Morgan fingerprint density at radius 1 is 1.06 bits per heavy atom. The molecule has 7 heteroatoms. The molecule has 0 saturated carbocycles. The first kappa shape index (κ1) is 20.7. The molecule has 0 spiro atoms. The van der Waals surface area contributed by atoms with Crippen LogP contribution in [0.3, 0.4) is 0 Å². The molecule has 4 rings (SSSR count). The molecule has 0 saturated heterocycles. The average Bonchev–Trinajstić information content (AvgIpc) is 2.75. The van der Waals surface area contributed by atoms with Crippen LogP contribution in [-0.4, -0.2) is 18.7 Å². The van der Waals surface area contributed by atoms with Crippen LogP contribution in [0.25, 0.3) is 0 Å². The van der Waals surface area contributed by atoms with E-state index in [1.165, 1.54) is 24.3 Å². The van der Waals surface area contributed by atoms with Gasteiger partial charge in [0.1, 0.15) is 35.5 Å². The number of halogens is 2. The lowest BCUT2D eigenvalue weighted by atomic mass is 10.0. The van der Waals surface area contributed by atoms with E-state index in [0.29, 0.717) is 36.8 Å². The van der Waals surface area contributed by atoms with Gasteiger partial charge in [0.2, 0.25) is 0 Å². The van der Waals surface area contributed by atoms with Gasteiger partial charge in [0.25, 0.3) is 0 Å². The van der Waals surface area contributed by atoms with E-state index in [9.17, 15) is 13.6 Å². The molecule has 5 nitrogen and oxygen atoms in total. The predicted octanol–water partition coefficient (Wildman–Crippen LogP) is 4.87. The summed E-state index contributed by atoms with van der Waals surface area (Å²) in [6, 6.07) is 15.4. The minimum Gasteiger partial charge on any atom is -0.491 e. The van der Waals surface area contributed by atoms with Crippen LogP contribution in [0.2, 0.25) is 0 Å². The summed E-state index contributed by atoms with van der Waals surface area (Å²) < 4.78 is 37.6. The molecule has 2 N–H and O–H groups in total. The number of carbonyl (C=O) groups excluding carboxylic acids is 1. The molecule has 1 atom stereocenters. The first-order valence-corrected chi connectivity index (χ1v) is 9.95. The van der Waals surface area contributed by atoms with Gasteiger partial charge in [-0.1, -0.05) is 18.2 Å². The van der Waals surface area contributed by atoms with Crippen molar-refractivity contribution < 1.29 is 23.0 Å². The highest BCUT2D eigenvalue weighted by Crippen LogP contribution is 2.27. The SMILES string of the molecule is Cc1cc(CNC(=O)NC2COc3cc(F)ccc3C2)ccc1Oc1ccc(F)cc1. The van der Waals surface area contributed by atoms with E-state index in [-0.39, 0.29) is 23.7 Å². The molecular weight excluding hydrogens is 402 g/mol. The van der Waals surface area contributed by atoms with Crippen molar-refractivity contribution in [3.05, 3.63) is 89.0 Å². The Labute approximate surface area is 179 Å². The minimum absolute atomic E-state index is 0.189. The standard InChI is InChI=1S/C24H22F2N2O3/c1-15-10-16(2-9-22(15)31-21-7-5-18(25)6-8-21)13-27-24(29)28-20-11-17-3-4-19(26)12-23(17)30-14-20/h2-10,12,20H,11,13-14H2,1H3,(H2,27,28,29). The van der Waals surface area contributed by atoms with Crippen LogP contribution in [0, 0.1) is 18.6 Å². The Balaban J connectivity index is 1.29. The van der Waals surface area contributed by atoms with Gasteiger partial charge in [0, 0.05) is 12.6 Å². The number of nitrogens with one attached hydrogen (secondary N) is 2. The van der Waals surface area contributed by atoms with Crippen molar-refractivity contribution in [2.45, 2.75) is 25.9 Å². The molecule has 3 aromatic carbocycles. The third-order valence-corrected chi connectivity index (χ3v) is 5.00. The van der Waals surface area contributed by atoms with Crippen molar-refractivity contribution in [1.29, 1.82) is 0 Å². The molecule has 0 bridgehead atoms. The Kier molecular flexibility index (Phi) is 6.02. The molecule has 0 radical (unpaired) electrons. The van der Waals surface area contributed by atoms with Crippen LogP contribution in [0.5, 0.6) is 17.2 Å². The normalized spacial score (nSPS) is 14.9. The quantitative estimate of drug-likeness (QED) is 0.615. The van der Waals surface area contributed by atoms with Crippen LogP contribution in [0.15, 0.2) is 60.7 Å². The number of carbonyl (C=O) groups is 1. The fourth-order valence-electron chi connectivity index (χ4n) is 3.42. The number of hydrogen-bond donors (Lipinski definition) is 2. The van der Waals surface area contributed by atoms with E-state index >= 15 is 0 Å². The van der Waals surface area contributed by atoms with Gasteiger partial charge in [-0.3, -0.25) is 0 Å². The van der Waals surface area contributed by atoms with E-state index in [1.54, 1.807) is 18.2 Å². The number of ether oxygens (including phenoxy) is 2. The molecule has 160 valence electrons. The second-order valence-electron chi connectivity index (χ2n) is 7.45. The maximum atomic E-state index is 13.3. The van der Waals surface area contributed by atoms with E-state index < -0.39 is 0 Å². The third-order valence-electron chi connectivity index (χ3n) is 5.00. The number of urea groups is 1. The highest BCUT2D eigenvalue weighted by atomic mass is 19.1. The van der Waals surface area contributed by atoms with Crippen LogP contribution >= 0.6 is 0 Å². The maximum absolute atomic E-state index is 13.3. The molecule has 1 aliphatic heterocycles. The third kappa shape index (κ3) is 5.31. The Hall–Kier alpha value is -3.61. The van der Waals surface area contributed by atoms with Gasteiger partial charge in [-0.2, -0.15) is 0 Å². The van der Waals surface area contributed by atoms with E-state index in [0.717, 1.165) is 16.7 Å². The van der Waals surface area contributed by atoms with E-state index in [1.807, 2.05) is 25.1 Å². The topological polar surface area (TPSA) is 59.6 Å². The molecule has 0 fully saturated rings. The fourth-order valence-corrected chi connectivity index (χ4v) is 3.42. The molecule has 3 aromatic rings. The highest BCUT2D eigenvalue weighted by molar-refractivity contribution is 5.74. The summed E-state index contributed by atoms with van der Waals surface area (Å²) in [5.74, 6) is 1.08. The van der Waals surface area contributed by atoms with Crippen molar-refractivity contribution in [2.24, 2.45) is 0 Å². The largest absolute Gasteiger partial charge is 0.491 e. The number of aryl methyl sites for hydroxylation is 1. The number of fused-ring (bicyclic) bond motifs is 1. The summed E-state index contributed by atoms with van der Waals surface area (Å²) in [5, 5.41) is 5.72. The van der Waals surface area contributed by atoms with Gasteiger partial charge in [-0.25, -0.2) is 13.6 Å². The zero-order valence-corrected chi connectivity index (χ0v) is 17.0. The summed E-state index contributed by atoms with van der Waals surface area (Å²) in [6.45, 7) is 2.54. The van der Waals surface area contributed by atoms with Crippen LogP contribution in [-0.2, 0) is 13.0 Å². The van der Waals surface area contributed by atoms with E-state index in [2.05, 4.69) is 10.6 Å². The van der Waals surface area contributed by atoms with Gasteiger partial charge in [0.05, 0.1) is 6.04 Å². The lowest BCUT2D eigenvalue weighted by Crippen LogP contribution is -2.47. The zero-order valence-electron chi connectivity index (χ0n) is 17.0. The molecule has 0 aliphatic carbocycles. The summed E-state index contributed by atoms with van der Waals surface area (Å²) in [5.41, 5.74) is 2.68. The number of rotatable bonds is 5. The number of amides is 2. The smallest absolute Gasteiger partial charge is 0.315 e. The molecule has 1 heterocycles. The second kappa shape index (κ2) is 9.04. The van der Waals surface area contributed by atoms with Crippen molar-refractivity contribution in [1.82, 2.24) is 10.6 Å². The average molecular weight is 424 g/mol. The number of benzene rings is 3. The first-order chi connectivity index (χ1) is 15.0. The lowest BCUT2D eigenvalue weighted by Gasteiger charge is -2.26. The van der Waals surface area contributed by atoms with Crippen molar-refractivity contribution in [2.75, 3.05) is 6.61 Å². The highest BCUT2D eigenvalue weighted by Gasteiger charge is 2.21. The molecule has 0 aromatic heterocycles. The van der Waals surface area contributed by atoms with Crippen LogP contribution < -0.4 is 20.1 Å². The molecule has 2 amide bonds. The Bertz CT molecular complexity index is 1090. The maximum Gasteiger partial charge on any atom is 0.315 e. The fraction of sp³-hybridized carbons (Fsp3) is 0.208. The monoisotopic (exact) mass is 424 g/mol. The van der Waals surface area contributed by atoms with Crippen LogP contribution in [0.4, 0.5) is 13.6 Å². The Morgan fingerprint density at radius 3 is 2.61 bits per heavy atom. The molecule has 1 unspecified atom stereocenters. The summed E-state index contributed by atoms with van der Waals surface area (Å²) in [6.07, 6.45) is 0.581. The summed E-state index contributed by atoms with van der Waals surface area (Å²) >= 11 is 0. The van der Waals surface area contributed by atoms with Gasteiger partial charge in [-0.05, 0) is 66.4 Å². The number of hydrogen-bond acceptors (Lipinski definition) is 3. The first-order valence-electron chi connectivity index (χ1n) is 9.95. The predicted molar refractivity (Wildman–Crippen MR) is 112 cm³/mol. The van der Waals surface area contributed by atoms with Crippen LogP contribution in [0.1, 0.15) is 16.7 Å². The summed E-state index contributed by atoms with van der Waals surface area (Å²) in [7, 11) is 0.